The maximum absolute atomic E-state index is 5.75. The second-order valence-corrected chi connectivity index (χ2v) is 8.48. The van der Waals surface area contributed by atoms with E-state index in [4.69, 9.17) is 4.43 Å². The van der Waals surface area contributed by atoms with Gasteiger partial charge in [-0.15, -0.1) is 0 Å². The first-order valence-electron chi connectivity index (χ1n) is 11.3. The summed E-state index contributed by atoms with van der Waals surface area (Å²) in [6, 6.07) is 1.29. The Morgan fingerprint density at radius 2 is 0.833 bits per heavy atom. The van der Waals surface area contributed by atoms with Gasteiger partial charge in [-0.3, -0.25) is 0 Å². The minimum absolute atomic E-state index is 0.755. The molecule has 2 heteroatoms. The second kappa shape index (κ2) is 23.2. The molecule has 2 radical (unpaired) electrons. The molecular formula is C22H46OSi. The molecule has 0 unspecified atom stereocenters. The van der Waals surface area contributed by atoms with Gasteiger partial charge < -0.3 is 4.43 Å². The van der Waals surface area contributed by atoms with Gasteiger partial charge in [-0.05, 0) is 12.5 Å². The van der Waals surface area contributed by atoms with Gasteiger partial charge in [-0.1, -0.05) is 123 Å². The van der Waals surface area contributed by atoms with E-state index in [0.717, 1.165) is 16.4 Å². The summed E-state index contributed by atoms with van der Waals surface area (Å²) < 4.78 is 5.75. The van der Waals surface area contributed by atoms with Crippen LogP contribution in [-0.4, -0.2) is 16.4 Å². The predicted molar refractivity (Wildman–Crippen MR) is 111 cm³/mol. The van der Waals surface area contributed by atoms with Crippen molar-refractivity contribution in [3.8, 4) is 0 Å². The van der Waals surface area contributed by atoms with Crippen LogP contribution in [0.4, 0.5) is 0 Å². The lowest BCUT2D eigenvalue weighted by Crippen LogP contribution is -2.00. The van der Waals surface area contributed by atoms with Gasteiger partial charge in [0.05, 0.1) is 0 Å². The number of rotatable bonds is 21. The van der Waals surface area contributed by atoms with E-state index in [1.807, 2.05) is 0 Å². The third-order valence-corrected chi connectivity index (χ3v) is 5.80. The first kappa shape index (κ1) is 24.2. The van der Waals surface area contributed by atoms with E-state index >= 15 is 0 Å². The van der Waals surface area contributed by atoms with Crippen LogP contribution in [0.15, 0.2) is 0 Å². The first-order valence-corrected chi connectivity index (χ1v) is 12.4. The minimum Gasteiger partial charge on any atom is -0.417 e. The van der Waals surface area contributed by atoms with E-state index < -0.39 is 0 Å². The molecule has 0 heterocycles. The van der Waals surface area contributed by atoms with E-state index in [2.05, 4.69) is 13.8 Å². The summed E-state index contributed by atoms with van der Waals surface area (Å²) in [5.41, 5.74) is 0. The molecule has 144 valence electrons. The Morgan fingerprint density at radius 1 is 0.458 bits per heavy atom. The summed E-state index contributed by atoms with van der Waals surface area (Å²) in [6.07, 6.45) is 25.5. The zero-order valence-electron chi connectivity index (χ0n) is 17.1. The van der Waals surface area contributed by atoms with Crippen LogP contribution >= 0.6 is 0 Å². The Kier molecular flexibility index (Phi) is 23.3. The molecule has 0 N–H and O–H groups in total. The van der Waals surface area contributed by atoms with Crippen LogP contribution < -0.4 is 0 Å². The summed E-state index contributed by atoms with van der Waals surface area (Å²) in [6.45, 7) is 5.57. The zero-order chi connectivity index (χ0) is 17.6. The van der Waals surface area contributed by atoms with E-state index in [1.54, 1.807) is 0 Å². The molecule has 0 aromatic rings. The van der Waals surface area contributed by atoms with Crippen molar-refractivity contribution in [2.24, 2.45) is 0 Å². The molecule has 0 saturated heterocycles. The van der Waals surface area contributed by atoms with Crippen molar-refractivity contribution in [2.75, 3.05) is 6.61 Å². The van der Waals surface area contributed by atoms with Gasteiger partial charge in [-0.2, -0.15) is 0 Å². The molecule has 0 saturated carbocycles. The highest BCUT2D eigenvalue weighted by atomic mass is 28.2. The molecule has 0 rings (SSSR count). The average Bonchev–Trinajstić information content (AvgIpc) is 2.60. The zero-order valence-corrected chi connectivity index (χ0v) is 18.1. The topological polar surface area (TPSA) is 9.23 Å². The average molecular weight is 355 g/mol. The minimum atomic E-state index is 0.755. The summed E-state index contributed by atoms with van der Waals surface area (Å²) >= 11 is 0. The Bertz CT molecular complexity index is 186. The molecule has 0 amide bonds. The van der Waals surface area contributed by atoms with Crippen LogP contribution in [0.1, 0.15) is 129 Å². The largest absolute Gasteiger partial charge is 0.417 e. The Labute approximate surface area is 156 Å². The van der Waals surface area contributed by atoms with Gasteiger partial charge in [0.2, 0.25) is 9.76 Å². The molecule has 0 aromatic carbocycles. The van der Waals surface area contributed by atoms with E-state index in [-0.39, 0.29) is 0 Å². The van der Waals surface area contributed by atoms with Crippen LogP contribution in [-0.2, 0) is 4.43 Å². The lowest BCUT2D eigenvalue weighted by molar-refractivity contribution is 0.319. The van der Waals surface area contributed by atoms with Crippen molar-refractivity contribution < 1.29 is 4.43 Å². The Morgan fingerprint density at radius 3 is 1.29 bits per heavy atom. The number of hydrogen-bond donors (Lipinski definition) is 0. The van der Waals surface area contributed by atoms with Crippen molar-refractivity contribution in [2.45, 2.75) is 135 Å². The third-order valence-electron chi connectivity index (χ3n) is 4.83. The quantitative estimate of drug-likeness (QED) is 0.149. The standard InChI is InChI=1S/C22H46OSi/c1-3-5-7-9-10-11-12-13-14-15-16-17-18-19-21-23-24-22-20-8-6-4-2/h3-22H2,1-2H3. The van der Waals surface area contributed by atoms with Crippen molar-refractivity contribution >= 4 is 9.76 Å². The molecule has 0 aliphatic rings. The molecule has 0 aromatic heterocycles. The van der Waals surface area contributed by atoms with Gasteiger partial charge in [0.1, 0.15) is 0 Å². The molecule has 0 aliphatic heterocycles. The molecule has 0 atom stereocenters. The summed E-state index contributed by atoms with van der Waals surface area (Å²) in [7, 11) is 0.755. The van der Waals surface area contributed by atoms with Gasteiger partial charge in [0.25, 0.3) is 0 Å². The third kappa shape index (κ3) is 22.2. The van der Waals surface area contributed by atoms with Crippen molar-refractivity contribution in [3.05, 3.63) is 0 Å². The highest BCUT2D eigenvalue weighted by Crippen LogP contribution is 2.13. The lowest BCUT2D eigenvalue weighted by atomic mass is 10.0. The fourth-order valence-corrected chi connectivity index (χ4v) is 3.96. The molecule has 0 fully saturated rings. The fraction of sp³-hybridized carbons (Fsp3) is 1.00. The van der Waals surface area contributed by atoms with Crippen molar-refractivity contribution in [1.82, 2.24) is 0 Å². The normalized spacial score (nSPS) is 11.2. The number of hydrogen-bond acceptors (Lipinski definition) is 1. The SMILES string of the molecule is CCCCCCCCCCCCCCCCO[Si]CCCCCC. The Balaban J connectivity index is 2.93. The molecule has 0 bridgehead atoms. The van der Waals surface area contributed by atoms with E-state index in [0.29, 0.717) is 0 Å². The Hall–Kier alpha value is 0.177. The monoisotopic (exact) mass is 354 g/mol. The molecule has 24 heavy (non-hydrogen) atoms. The number of unbranched alkanes of at least 4 members (excludes halogenated alkanes) is 16. The van der Waals surface area contributed by atoms with E-state index in [1.165, 1.54) is 122 Å². The van der Waals surface area contributed by atoms with Crippen molar-refractivity contribution in [1.29, 1.82) is 0 Å². The van der Waals surface area contributed by atoms with Crippen LogP contribution in [0.3, 0.4) is 0 Å². The predicted octanol–water partition coefficient (Wildman–Crippen LogP) is 8.10. The van der Waals surface area contributed by atoms with Crippen molar-refractivity contribution in [3.63, 3.8) is 0 Å². The van der Waals surface area contributed by atoms with Gasteiger partial charge >= 0.3 is 0 Å². The summed E-state index contributed by atoms with van der Waals surface area (Å²) in [4.78, 5) is 0. The summed E-state index contributed by atoms with van der Waals surface area (Å²) in [5.74, 6) is 0. The van der Waals surface area contributed by atoms with Gasteiger partial charge in [0.15, 0.2) is 0 Å². The molecule has 0 spiro atoms. The highest BCUT2D eigenvalue weighted by Gasteiger charge is 1.95. The van der Waals surface area contributed by atoms with Gasteiger partial charge in [0, 0.05) is 6.61 Å². The van der Waals surface area contributed by atoms with Crippen LogP contribution in [0.5, 0.6) is 0 Å². The molecular weight excluding hydrogens is 308 g/mol. The lowest BCUT2D eigenvalue weighted by Gasteiger charge is -2.04. The van der Waals surface area contributed by atoms with Crippen LogP contribution in [0.2, 0.25) is 6.04 Å². The maximum atomic E-state index is 5.75. The molecule has 0 aliphatic carbocycles. The fourth-order valence-electron chi connectivity index (χ4n) is 3.14. The maximum Gasteiger partial charge on any atom is 0.229 e. The molecule has 1 nitrogen and oxygen atoms in total. The van der Waals surface area contributed by atoms with Crippen LogP contribution in [0, 0.1) is 0 Å². The highest BCUT2D eigenvalue weighted by molar-refractivity contribution is 6.26. The second-order valence-electron chi connectivity index (χ2n) is 7.40. The summed E-state index contributed by atoms with van der Waals surface area (Å²) in [5, 5.41) is 0. The van der Waals surface area contributed by atoms with Gasteiger partial charge in [-0.25, -0.2) is 0 Å². The smallest absolute Gasteiger partial charge is 0.229 e. The van der Waals surface area contributed by atoms with E-state index in [9.17, 15) is 0 Å². The van der Waals surface area contributed by atoms with Crippen LogP contribution in [0.25, 0.3) is 0 Å². The first-order chi connectivity index (χ1) is 11.9.